The largest absolute Gasteiger partial charge is 0.489 e. The zero-order valence-electron chi connectivity index (χ0n) is 27.6. The second-order valence-electron chi connectivity index (χ2n) is 12.8. The van der Waals surface area contributed by atoms with Crippen LogP contribution in [0.2, 0.25) is 10.0 Å². The van der Waals surface area contributed by atoms with E-state index in [-0.39, 0.29) is 30.2 Å². The molecule has 1 aliphatic carbocycles. The van der Waals surface area contributed by atoms with E-state index in [1.54, 1.807) is 43.7 Å². The molecule has 0 spiro atoms. The lowest BCUT2D eigenvalue weighted by Crippen LogP contribution is -2.40. The molecule has 2 aromatic heterocycles. The van der Waals surface area contributed by atoms with Crippen molar-refractivity contribution in [3.8, 4) is 11.5 Å². The summed E-state index contributed by atoms with van der Waals surface area (Å²) in [5.41, 5.74) is 0.582. The van der Waals surface area contributed by atoms with Crippen molar-refractivity contribution in [1.82, 2.24) is 4.57 Å². The number of hydrogen-bond donors (Lipinski definition) is 0. The van der Waals surface area contributed by atoms with E-state index < -0.39 is 40.4 Å². The van der Waals surface area contributed by atoms with Gasteiger partial charge in [0.05, 0.1) is 18.6 Å². The predicted molar refractivity (Wildman–Crippen MR) is 182 cm³/mol. The second kappa shape index (κ2) is 15.0. The van der Waals surface area contributed by atoms with Gasteiger partial charge in [-0.1, -0.05) is 29.3 Å². The Hall–Kier alpha value is -4.14. The number of carbonyl (C=O) groups is 2. The lowest BCUT2D eigenvalue weighted by molar-refractivity contribution is -0.377. The van der Waals surface area contributed by atoms with E-state index in [0.717, 1.165) is 19.1 Å². The Bertz CT molecular complexity index is 1980. The van der Waals surface area contributed by atoms with Gasteiger partial charge in [-0.05, 0) is 81.5 Å². The Balaban J connectivity index is 1.42. The molecule has 0 bridgehead atoms. The first-order chi connectivity index (χ1) is 23.5. The van der Waals surface area contributed by atoms with Gasteiger partial charge < -0.3 is 23.5 Å². The van der Waals surface area contributed by atoms with Crippen LogP contribution in [0.4, 0.5) is 19.3 Å². The highest BCUT2D eigenvalue weighted by molar-refractivity contribution is 7.92. The van der Waals surface area contributed by atoms with Crippen molar-refractivity contribution < 1.29 is 50.7 Å². The number of sulfonamides is 1. The summed E-state index contributed by atoms with van der Waals surface area (Å²) >= 11 is 12.9. The Morgan fingerprint density at radius 3 is 2.36 bits per heavy atom. The maximum Gasteiger partial charge on any atom is 0.428 e. The number of rotatable bonds is 13. The summed E-state index contributed by atoms with van der Waals surface area (Å²) in [6, 6.07) is 10.5. The summed E-state index contributed by atoms with van der Waals surface area (Å²) in [5, 5.41) is 1.13. The van der Waals surface area contributed by atoms with E-state index in [1.807, 2.05) is 0 Å². The molecule has 16 heteroatoms. The molecule has 5 rings (SSSR count). The molecule has 4 aromatic rings. The maximum absolute atomic E-state index is 13.5. The highest BCUT2D eigenvalue weighted by Gasteiger charge is 2.31. The summed E-state index contributed by atoms with van der Waals surface area (Å²) in [6.07, 6.45) is 5.52. The van der Waals surface area contributed by atoms with Crippen molar-refractivity contribution in [3.63, 3.8) is 0 Å². The van der Waals surface area contributed by atoms with Crippen molar-refractivity contribution in [2.24, 2.45) is 5.92 Å². The monoisotopic (exact) mass is 754 g/mol. The fourth-order valence-corrected chi connectivity index (χ4v) is 6.47. The number of nitrogens with zero attached hydrogens (tertiary/aromatic N) is 2. The zero-order chi connectivity index (χ0) is 36.4. The average molecular weight is 756 g/mol. The molecule has 2 aromatic carbocycles. The maximum atomic E-state index is 13.5. The smallest absolute Gasteiger partial charge is 0.428 e. The van der Waals surface area contributed by atoms with Crippen LogP contribution in [0, 0.1) is 5.92 Å². The number of esters is 1. The summed E-state index contributed by atoms with van der Waals surface area (Å²) in [6.45, 7) is 1.86. The van der Waals surface area contributed by atoms with E-state index in [1.165, 1.54) is 42.7 Å². The number of aromatic nitrogens is 2. The quantitative estimate of drug-likeness (QED) is 0.129. The van der Waals surface area contributed by atoms with E-state index in [0.29, 0.717) is 48.9 Å². The molecule has 50 heavy (non-hydrogen) atoms. The standard InChI is InChI=1S/C34H35Cl2F2N3O8S/c1-34(2,3)49-33(43)41(50(4,44)45)23-8-9-27-21(13-23)11-12-40(27)18-31(42)47-29(15-24-25(35)16-39-17-26(24)36)22-7-10-28(48-32(37)38)30(14-22)46-19-20-5-6-20/h7-14,16-17,20,29,32H,5-6,15,18-19H2,1-4H3/p+1/t29-/m0/s1. The van der Waals surface area contributed by atoms with Crippen molar-refractivity contribution >= 4 is 61.9 Å². The number of hydrogen-bond acceptors (Lipinski definition) is 8. The summed E-state index contributed by atoms with van der Waals surface area (Å²) < 4.78 is 75.5. The van der Waals surface area contributed by atoms with E-state index >= 15 is 0 Å². The minimum Gasteiger partial charge on any atom is -0.489 e. The number of aromatic amines is 1. The van der Waals surface area contributed by atoms with E-state index in [9.17, 15) is 26.8 Å². The SMILES string of the molecule is CC(C)(C)OC(=O)N(c1ccc2c(ccn2CC(=O)O[C@@H](Cc2c(Cl)c[nH+]cc2Cl)c2ccc(OC(F)F)c(OCC3CC3)c2)c1)S(C)(=O)=O. The number of pyridine rings is 1. The first-order valence-corrected chi connectivity index (χ1v) is 18.2. The van der Waals surface area contributed by atoms with Crippen molar-refractivity contribution in [1.29, 1.82) is 0 Å². The second-order valence-corrected chi connectivity index (χ2v) is 15.5. The zero-order valence-corrected chi connectivity index (χ0v) is 29.9. The van der Waals surface area contributed by atoms with Crippen LogP contribution in [0.15, 0.2) is 61.1 Å². The van der Waals surface area contributed by atoms with Crippen LogP contribution < -0.4 is 18.8 Å². The van der Waals surface area contributed by atoms with Crippen molar-refractivity contribution in [2.45, 2.75) is 64.9 Å². The van der Waals surface area contributed by atoms with Gasteiger partial charge in [-0.3, -0.25) is 4.79 Å². The van der Waals surface area contributed by atoms with Gasteiger partial charge in [0.25, 0.3) is 0 Å². The van der Waals surface area contributed by atoms with Gasteiger partial charge in [0, 0.05) is 29.1 Å². The van der Waals surface area contributed by atoms with Crippen LogP contribution in [-0.2, 0) is 37.3 Å². The number of H-pyrrole nitrogens is 1. The number of benzene rings is 2. The number of nitrogens with one attached hydrogen (secondary N) is 1. The third-order valence-electron chi connectivity index (χ3n) is 7.57. The molecule has 0 unspecified atom stereocenters. The van der Waals surface area contributed by atoms with Crippen molar-refractivity contribution in [3.05, 3.63) is 82.2 Å². The number of halogens is 4. The van der Waals surface area contributed by atoms with Gasteiger partial charge >= 0.3 is 18.7 Å². The Labute approximate surface area is 298 Å². The molecule has 11 nitrogen and oxygen atoms in total. The molecule has 1 amide bonds. The van der Waals surface area contributed by atoms with Crippen LogP contribution in [0.25, 0.3) is 10.9 Å². The normalized spacial score (nSPS) is 14.0. The van der Waals surface area contributed by atoms with Gasteiger partial charge in [-0.25, -0.2) is 18.2 Å². The molecule has 0 saturated heterocycles. The van der Waals surface area contributed by atoms with Gasteiger partial charge in [0.1, 0.15) is 28.3 Å². The number of alkyl halides is 2. The highest BCUT2D eigenvalue weighted by atomic mass is 35.5. The fraction of sp³-hybridized carbons (Fsp3) is 0.382. The molecule has 1 N–H and O–H groups in total. The molecule has 1 saturated carbocycles. The number of carbonyl (C=O) groups excluding carboxylic acids is 2. The van der Waals surface area contributed by atoms with E-state index in [2.05, 4.69) is 9.72 Å². The summed E-state index contributed by atoms with van der Waals surface area (Å²) in [4.78, 5) is 29.2. The highest BCUT2D eigenvalue weighted by Crippen LogP contribution is 2.38. The first-order valence-electron chi connectivity index (χ1n) is 15.6. The minimum atomic E-state index is -4.06. The third kappa shape index (κ3) is 9.55. The Kier molecular flexibility index (Phi) is 11.1. The van der Waals surface area contributed by atoms with Gasteiger partial charge in [0.2, 0.25) is 10.0 Å². The fourth-order valence-electron chi connectivity index (χ4n) is 5.13. The topological polar surface area (TPSA) is 128 Å². The van der Waals surface area contributed by atoms with Crippen LogP contribution >= 0.6 is 23.2 Å². The van der Waals surface area contributed by atoms with Crippen LogP contribution in [0.1, 0.15) is 50.8 Å². The predicted octanol–water partition coefficient (Wildman–Crippen LogP) is 7.38. The summed E-state index contributed by atoms with van der Waals surface area (Å²) in [7, 11) is -4.06. The molecule has 2 heterocycles. The Morgan fingerprint density at radius 1 is 1.04 bits per heavy atom. The van der Waals surface area contributed by atoms with Crippen LogP contribution in [0.5, 0.6) is 11.5 Å². The number of fused-ring (bicyclic) bond motifs is 1. The van der Waals surface area contributed by atoms with Gasteiger partial charge in [-0.2, -0.15) is 13.1 Å². The molecular formula is C34H36Cl2F2N3O8S+. The molecule has 1 fully saturated rings. The molecule has 268 valence electrons. The molecule has 1 aliphatic rings. The lowest BCUT2D eigenvalue weighted by Gasteiger charge is -2.26. The average Bonchev–Trinajstić information content (AvgIpc) is 3.75. The third-order valence-corrected chi connectivity index (χ3v) is 9.26. The number of amides is 1. The van der Waals surface area contributed by atoms with Gasteiger partial charge in [-0.15, -0.1) is 0 Å². The number of ether oxygens (including phenoxy) is 4. The van der Waals surface area contributed by atoms with Crippen LogP contribution in [0.3, 0.4) is 0 Å². The van der Waals surface area contributed by atoms with E-state index in [4.69, 9.17) is 37.4 Å². The molecular weight excluding hydrogens is 719 g/mol. The molecule has 0 radical (unpaired) electrons. The van der Waals surface area contributed by atoms with Crippen LogP contribution in [-0.4, -0.2) is 50.1 Å². The van der Waals surface area contributed by atoms with Gasteiger partial charge in [0.15, 0.2) is 23.9 Å². The number of anilines is 1. The van der Waals surface area contributed by atoms with Crippen molar-refractivity contribution in [2.75, 3.05) is 17.2 Å². The summed E-state index contributed by atoms with van der Waals surface area (Å²) in [5.74, 6) is -0.412. The lowest BCUT2D eigenvalue weighted by atomic mass is 10.0. The molecule has 0 aliphatic heterocycles. The molecule has 1 atom stereocenters. The minimum absolute atomic E-state index is 0.0387. The first kappa shape index (κ1) is 37.1. The Morgan fingerprint density at radius 2 is 1.74 bits per heavy atom.